The highest BCUT2D eigenvalue weighted by molar-refractivity contribution is 5.94. The summed E-state index contributed by atoms with van der Waals surface area (Å²) in [5, 5.41) is 44.3. The number of carboxylic acids is 1. The van der Waals surface area contributed by atoms with Crippen molar-refractivity contribution in [1.82, 2.24) is 16.0 Å². The number of hydrogen-bond donors (Lipinski definition) is 8. The van der Waals surface area contributed by atoms with Crippen LogP contribution in [0.2, 0.25) is 0 Å². The molecule has 0 heterocycles. The Balaban J connectivity index is 5.17. The van der Waals surface area contributed by atoms with Crippen LogP contribution in [-0.2, 0) is 19.2 Å². The number of nitrogens with two attached hydrogens (primary N) is 1. The molecule has 6 atom stereocenters. The maximum absolute atomic E-state index is 12.4. The van der Waals surface area contributed by atoms with Gasteiger partial charge in [-0.15, -0.1) is 0 Å². The molecule has 0 aliphatic carbocycles. The molecule has 0 aliphatic rings. The summed E-state index contributed by atoms with van der Waals surface area (Å²) in [5.41, 5.74) is 5.47. The molecule has 0 aromatic heterocycles. The van der Waals surface area contributed by atoms with E-state index in [1.54, 1.807) is 13.8 Å². The first kappa shape index (κ1) is 26.7. The van der Waals surface area contributed by atoms with Crippen LogP contribution in [0.4, 0.5) is 0 Å². The molecule has 0 aromatic carbocycles. The third-order valence-corrected chi connectivity index (χ3v) is 4.02. The number of aliphatic hydroxyl groups is 3. The van der Waals surface area contributed by atoms with Gasteiger partial charge in [0.2, 0.25) is 17.7 Å². The van der Waals surface area contributed by atoms with Crippen LogP contribution in [0, 0.1) is 5.92 Å². The summed E-state index contributed by atoms with van der Waals surface area (Å²) in [7, 11) is 0. The lowest BCUT2D eigenvalue weighted by molar-refractivity contribution is -0.143. The van der Waals surface area contributed by atoms with Gasteiger partial charge in [-0.05, 0) is 26.2 Å². The summed E-state index contributed by atoms with van der Waals surface area (Å²) >= 11 is 0. The van der Waals surface area contributed by atoms with Gasteiger partial charge in [-0.3, -0.25) is 14.4 Å². The lowest BCUT2D eigenvalue weighted by Crippen LogP contribution is -2.61. The van der Waals surface area contributed by atoms with Crippen LogP contribution in [-0.4, -0.2) is 87.1 Å². The normalized spacial score (nSPS) is 17.4. The molecule has 6 unspecified atom stereocenters. The summed E-state index contributed by atoms with van der Waals surface area (Å²) in [6.45, 7) is 5.15. The molecule has 12 heteroatoms. The highest BCUT2D eigenvalue weighted by Gasteiger charge is 2.32. The van der Waals surface area contributed by atoms with E-state index >= 15 is 0 Å². The van der Waals surface area contributed by atoms with Crippen molar-refractivity contribution in [3.8, 4) is 0 Å². The molecular formula is C17H32N4O8. The van der Waals surface area contributed by atoms with Gasteiger partial charge in [0.15, 0.2) is 0 Å². The van der Waals surface area contributed by atoms with Gasteiger partial charge >= 0.3 is 5.97 Å². The second-order valence-corrected chi connectivity index (χ2v) is 7.27. The number of aliphatic hydroxyl groups excluding tert-OH is 3. The third kappa shape index (κ3) is 9.17. The molecule has 29 heavy (non-hydrogen) atoms. The minimum atomic E-state index is -1.53. The van der Waals surface area contributed by atoms with Crippen molar-refractivity contribution in [2.24, 2.45) is 11.7 Å². The van der Waals surface area contributed by atoms with Gasteiger partial charge in [0, 0.05) is 0 Å². The van der Waals surface area contributed by atoms with E-state index in [0.717, 1.165) is 0 Å². The maximum Gasteiger partial charge on any atom is 0.326 e. The van der Waals surface area contributed by atoms with E-state index in [2.05, 4.69) is 16.0 Å². The molecule has 0 bridgehead atoms. The predicted molar refractivity (Wildman–Crippen MR) is 101 cm³/mol. The Kier molecular flexibility index (Phi) is 11.3. The monoisotopic (exact) mass is 420 g/mol. The van der Waals surface area contributed by atoms with Gasteiger partial charge in [0.05, 0.1) is 18.8 Å². The second-order valence-electron chi connectivity index (χ2n) is 7.27. The molecule has 0 radical (unpaired) electrons. The van der Waals surface area contributed by atoms with Gasteiger partial charge in [0.25, 0.3) is 0 Å². The molecule has 0 spiro atoms. The van der Waals surface area contributed by atoms with E-state index in [9.17, 15) is 39.6 Å². The second kappa shape index (κ2) is 12.3. The van der Waals surface area contributed by atoms with Crippen molar-refractivity contribution in [2.75, 3.05) is 6.61 Å². The molecule has 0 aromatic rings. The molecule has 12 nitrogen and oxygen atoms in total. The van der Waals surface area contributed by atoms with Gasteiger partial charge in [0.1, 0.15) is 24.2 Å². The van der Waals surface area contributed by atoms with Crippen LogP contribution >= 0.6 is 0 Å². The van der Waals surface area contributed by atoms with Crippen LogP contribution in [0.15, 0.2) is 0 Å². The van der Waals surface area contributed by atoms with Crippen molar-refractivity contribution in [3.05, 3.63) is 0 Å². The molecule has 168 valence electrons. The molecule has 0 fully saturated rings. The Hall–Kier alpha value is -2.28. The molecule has 9 N–H and O–H groups in total. The number of nitrogens with one attached hydrogen (secondary N) is 3. The van der Waals surface area contributed by atoms with Gasteiger partial charge in [-0.2, -0.15) is 0 Å². The van der Waals surface area contributed by atoms with Crippen LogP contribution < -0.4 is 21.7 Å². The van der Waals surface area contributed by atoms with Crippen LogP contribution in [0.5, 0.6) is 0 Å². The lowest BCUT2D eigenvalue weighted by atomic mass is 10.0. The van der Waals surface area contributed by atoms with Crippen molar-refractivity contribution in [1.29, 1.82) is 0 Å². The standard InChI is InChI=1S/C17H32N4O8/c1-7(2)5-10(17(28)29)19-14(25)11(6-22)20-16(27)13(9(4)24)21-15(26)12(18)8(3)23/h7-13,22-24H,5-6,18H2,1-4H3,(H,19,25)(H,20,27)(H,21,26)(H,28,29). The van der Waals surface area contributed by atoms with Crippen LogP contribution in [0.3, 0.4) is 0 Å². The number of hydrogen-bond acceptors (Lipinski definition) is 8. The van der Waals surface area contributed by atoms with E-state index < -0.39 is 66.7 Å². The molecular weight excluding hydrogens is 388 g/mol. The summed E-state index contributed by atoms with van der Waals surface area (Å²) < 4.78 is 0. The highest BCUT2D eigenvalue weighted by atomic mass is 16.4. The van der Waals surface area contributed by atoms with Crippen LogP contribution in [0.1, 0.15) is 34.1 Å². The summed E-state index contributed by atoms with van der Waals surface area (Å²) in [5.74, 6) is -4.15. The number of amides is 3. The number of carbonyl (C=O) groups excluding carboxylic acids is 3. The van der Waals surface area contributed by atoms with E-state index in [0.29, 0.717) is 0 Å². The Morgan fingerprint density at radius 3 is 1.72 bits per heavy atom. The van der Waals surface area contributed by atoms with Gasteiger partial charge in [-0.25, -0.2) is 4.79 Å². The first-order valence-corrected chi connectivity index (χ1v) is 9.18. The third-order valence-electron chi connectivity index (χ3n) is 4.02. The van der Waals surface area contributed by atoms with Crippen molar-refractivity contribution in [3.63, 3.8) is 0 Å². The summed E-state index contributed by atoms with van der Waals surface area (Å²) in [6, 6.07) is -5.61. The van der Waals surface area contributed by atoms with Gasteiger partial charge < -0.3 is 42.1 Å². The fraction of sp³-hybridized carbons (Fsp3) is 0.765. The summed E-state index contributed by atoms with van der Waals surface area (Å²) in [4.78, 5) is 47.9. The van der Waals surface area contributed by atoms with Crippen molar-refractivity contribution < 1.29 is 39.6 Å². The molecule has 3 amide bonds. The molecule has 0 saturated heterocycles. The smallest absolute Gasteiger partial charge is 0.326 e. The Morgan fingerprint density at radius 2 is 1.34 bits per heavy atom. The fourth-order valence-electron chi connectivity index (χ4n) is 2.29. The largest absolute Gasteiger partial charge is 0.480 e. The lowest BCUT2D eigenvalue weighted by Gasteiger charge is -2.26. The zero-order valence-electron chi connectivity index (χ0n) is 17.0. The number of aliphatic carboxylic acids is 1. The topological polar surface area (TPSA) is 211 Å². The summed E-state index contributed by atoms with van der Waals surface area (Å²) in [6.07, 6.45) is -2.47. The number of carboxylic acid groups (broad SMARTS) is 1. The SMILES string of the molecule is CC(C)CC(NC(=O)C(CO)NC(=O)C(NC(=O)C(N)C(C)O)C(C)O)C(=O)O. The molecule has 0 saturated carbocycles. The average molecular weight is 420 g/mol. The molecule has 0 rings (SSSR count). The maximum atomic E-state index is 12.4. The quantitative estimate of drug-likeness (QED) is 0.158. The minimum Gasteiger partial charge on any atom is -0.480 e. The van der Waals surface area contributed by atoms with Crippen LogP contribution in [0.25, 0.3) is 0 Å². The first-order chi connectivity index (χ1) is 13.3. The Bertz CT molecular complexity index is 582. The average Bonchev–Trinajstić information content (AvgIpc) is 2.61. The fourth-order valence-corrected chi connectivity index (χ4v) is 2.29. The highest BCUT2D eigenvalue weighted by Crippen LogP contribution is 2.05. The van der Waals surface area contributed by atoms with Crippen molar-refractivity contribution in [2.45, 2.75) is 70.5 Å². The van der Waals surface area contributed by atoms with E-state index in [4.69, 9.17) is 5.73 Å². The number of carbonyl (C=O) groups is 4. The minimum absolute atomic E-state index is 0.0356. The van der Waals surface area contributed by atoms with E-state index in [1.165, 1.54) is 13.8 Å². The Labute approximate surface area is 168 Å². The van der Waals surface area contributed by atoms with E-state index in [1.807, 2.05) is 0 Å². The predicted octanol–water partition coefficient (Wildman–Crippen LogP) is -3.35. The molecule has 0 aliphatic heterocycles. The van der Waals surface area contributed by atoms with Gasteiger partial charge in [-0.1, -0.05) is 13.8 Å². The number of rotatable bonds is 12. The van der Waals surface area contributed by atoms with E-state index in [-0.39, 0.29) is 12.3 Å². The van der Waals surface area contributed by atoms with Crippen molar-refractivity contribution >= 4 is 23.7 Å². The Morgan fingerprint density at radius 1 is 0.828 bits per heavy atom. The first-order valence-electron chi connectivity index (χ1n) is 9.18. The zero-order valence-corrected chi connectivity index (χ0v) is 17.0. The zero-order chi connectivity index (χ0) is 22.9.